The number of halogens is 3. The monoisotopic (exact) mass is 349 g/mol. The summed E-state index contributed by atoms with van der Waals surface area (Å²) < 4.78 is 42.1. The summed E-state index contributed by atoms with van der Waals surface area (Å²) in [7, 11) is 0. The molecule has 0 saturated heterocycles. The van der Waals surface area contributed by atoms with Gasteiger partial charge in [0.05, 0.1) is 5.56 Å². The average molecular weight is 349 g/mol. The summed E-state index contributed by atoms with van der Waals surface area (Å²) in [6.45, 7) is -1.41. The van der Waals surface area contributed by atoms with Crippen molar-refractivity contribution in [2.45, 2.75) is 18.7 Å². The Morgan fingerprint density at radius 1 is 1.16 bits per heavy atom. The molecular formula is C18H14F3NO3. The Morgan fingerprint density at radius 3 is 2.56 bits per heavy atom. The number of carbonyl (C=O) groups is 2. The minimum atomic E-state index is -4.48. The normalized spacial score (nSPS) is 16.8. The number of alkyl halides is 3. The predicted molar refractivity (Wildman–Crippen MR) is 83.1 cm³/mol. The number of carbonyl (C=O) groups excluding carboxylic acids is 2. The third kappa shape index (κ3) is 3.99. The zero-order valence-corrected chi connectivity index (χ0v) is 13.0. The molecule has 1 amide bonds. The first-order valence-electron chi connectivity index (χ1n) is 7.57. The lowest BCUT2D eigenvalue weighted by Gasteiger charge is -2.25. The molecule has 0 spiro atoms. The van der Waals surface area contributed by atoms with Gasteiger partial charge in [-0.25, -0.2) is 4.79 Å². The second-order valence-corrected chi connectivity index (χ2v) is 5.68. The van der Waals surface area contributed by atoms with Crippen molar-refractivity contribution in [3.8, 4) is 0 Å². The van der Waals surface area contributed by atoms with Gasteiger partial charge in [-0.3, -0.25) is 4.79 Å². The average Bonchev–Trinajstić information content (AvgIpc) is 2.59. The van der Waals surface area contributed by atoms with E-state index >= 15 is 0 Å². The van der Waals surface area contributed by atoms with Crippen LogP contribution in [0.3, 0.4) is 0 Å². The topological polar surface area (TPSA) is 55.4 Å². The Labute approximate surface area is 141 Å². The summed E-state index contributed by atoms with van der Waals surface area (Å²) >= 11 is 0. The predicted octanol–water partition coefficient (Wildman–Crippen LogP) is 3.43. The molecule has 1 aliphatic rings. The highest BCUT2D eigenvalue weighted by Gasteiger charge is 2.30. The van der Waals surface area contributed by atoms with Crippen LogP contribution < -0.4 is 5.32 Å². The van der Waals surface area contributed by atoms with Crippen LogP contribution in [0.25, 0.3) is 0 Å². The fourth-order valence-corrected chi connectivity index (χ4v) is 2.67. The van der Waals surface area contributed by atoms with Gasteiger partial charge >= 0.3 is 12.1 Å². The van der Waals surface area contributed by atoms with Gasteiger partial charge in [0.2, 0.25) is 0 Å². The summed E-state index contributed by atoms with van der Waals surface area (Å²) in [4.78, 5) is 24.0. The molecule has 4 nitrogen and oxygen atoms in total. The summed E-state index contributed by atoms with van der Waals surface area (Å²) in [5.74, 6) is -1.35. The van der Waals surface area contributed by atoms with Crippen molar-refractivity contribution in [2.24, 2.45) is 0 Å². The van der Waals surface area contributed by atoms with Gasteiger partial charge in [0.15, 0.2) is 0 Å². The van der Waals surface area contributed by atoms with Gasteiger partial charge in [-0.2, -0.15) is 13.2 Å². The van der Waals surface area contributed by atoms with E-state index in [9.17, 15) is 22.8 Å². The third-order valence-electron chi connectivity index (χ3n) is 3.86. The molecule has 25 heavy (non-hydrogen) atoms. The Balaban J connectivity index is 1.82. The van der Waals surface area contributed by atoms with E-state index in [4.69, 9.17) is 4.74 Å². The van der Waals surface area contributed by atoms with Crippen LogP contribution in [0.1, 0.15) is 37.9 Å². The van der Waals surface area contributed by atoms with Crippen molar-refractivity contribution in [1.82, 2.24) is 5.32 Å². The number of fused-ring (bicyclic) bond motifs is 1. The molecule has 0 saturated carbocycles. The molecule has 0 fully saturated rings. The van der Waals surface area contributed by atoms with Gasteiger partial charge in [-0.05, 0) is 29.3 Å². The molecule has 0 unspecified atom stereocenters. The zero-order chi connectivity index (χ0) is 18.0. The number of ether oxygens (including phenoxy) is 1. The Kier molecular flexibility index (Phi) is 4.48. The van der Waals surface area contributed by atoms with Crippen LogP contribution in [0.4, 0.5) is 13.2 Å². The van der Waals surface area contributed by atoms with E-state index in [-0.39, 0.29) is 5.56 Å². The molecule has 1 heterocycles. The molecule has 3 rings (SSSR count). The van der Waals surface area contributed by atoms with Crippen molar-refractivity contribution in [3.05, 3.63) is 70.8 Å². The molecule has 0 bridgehead atoms. The maximum atomic E-state index is 12.2. The van der Waals surface area contributed by atoms with Gasteiger partial charge in [0.25, 0.3) is 5.91 Å². The number of benzene rings is 2. The summed E-state index contributed by atoms with van der Waals surface area (Å²) in [5, 5.41) is 1.82. The number of hydrogen-bond donors (Lipinski definition) is 1. The first-order valence-corrected chi connectivity index (χ1v) is 7.57. The second kappa shape index (κ2) is 6.58. The van der Waals surface area contributed by atoms with Crippen LogP contribution in [-0.2, 0) is 11.2 Å². The van der Waals surface area contributed by atoms with E-state index in [1.807, 2.05) is 35.6 Å². The highest BCUT2D eigenvalue weighted by atomic mass is 19.4. The highest BCUT2D eigenvalue weighted by Crippen LogP contribution is 2.31. The summed E-state index contributed by atoms with van der Waals surface area (Å²) in [5.41, 5.74) is 1.78. The van der Waals surface area contributed by atoms with E-state index in [0.29, 0.717) is 17.5 Å². The fourth-order valence-electron chi connectivity index (χ4n) is 2.67. The van der Waals surface area contributed by atoms with Crippen molar-refractivity contribution in [2.75, 3.05) is 6.54 Å². The van der Waals surface area contributed by atoms with Crippen LogP contribution in [0, 0.1) is 0 Å². The van der Waals surface area contributed by atoms with Gasteiger partial charge in [0, 0.05) is 12.0 Å². The molecule has 0 radical (unpaired) electrons. The van der Waals surface area contributed by atoms with Crippen molar-refractivity contribution >= 4 is 11.9 Å². The number of hydrogen-bond acceptors (Lipinski definition) is 3. The molecule has 0 aliphatic carbocycles. The van der Waals surface area contributed by atoms with Crippen LogP contribution in [0.15, 0.2) is 48.5 Å². The van der Waals surface area contributed by atoms with Crippen LogP contribution in [-0.4, -0.2) is 24.6 Å². The van der Waals surface area contributed by atoms with Crippen molar-refractivity contribution in [1.29, 1.82) is 0 Å². The second-order valence-electron chi connectivity index (χ2n) is 5.68. The molecule has 7 heteroatoms. The number of nitrogens with one attached hydrogen (secondary N) is 1. The van der Waals surface area contributed by atoms with E-state index in [1.165, 1.54) is 18.2 Å². The maximum absolute atomic E-state index is 12.2. The molecule has 2 aromatic rings. The number of rotatable bonds is 3. The van der Waals surface area contributed by atoms with Crippen molar-refractivity contribution in [3.63, 3.8) is 0 Å². The van der Waals surface area contributed by atoms with E-state index in [2.05, 4.69) is 0 Å². The van der Waals surface area contributed by atoms with Gasteiger partial charge in [0.1, 0.15) is 12.6 Å². The molecule has 1 atom stereocenters. The van der Waals surface area contributed by atoms with Gasteiger partial charge in [-0.15, -0.1) is 0 Å². The summed E-state index contributed by atoms with van der Waals surface area (Å²) in [6.07, 6.45) is -4.62. The first kappa shape index (κ1) is 17.0. The SMILES string of the molecule is O=C(NCC(F)(F)F)c1ccc2c(c1)C[C@H](c1ccccc1)OC2=O. The minimum absolute atomic E-state index is 0.0736. The number of esters is 1. The quantitative estimate of drug-likeness (QED) is 0.864. The molecule has 130 valence electrons. The number of cyclic esters (lactones) is 1. The molecular weight excluding hydrogens is 335 g/mol. The smallest absolute Gasteiger partial charge is 0.405 e. The largest absolute Gasteiger partial charge is 0.454 e. The lowest BCUT2D eigenvalue weighted by molar-refractivity contribution is -0.123. The molecule has 1 N–H and O–H groups in total. The third-order valence-corrected chi connectivity index (χ3v) is 3.86. The number of amides is 1. The molecule has 0 aromatic heterocycles. The minimum Gasteiger partial charge on any atom is -0.454 e. The standard InChI is InChI=1S/C18H14F3NO3/c19-18(20,21)10-22-16(23)12-6-7-14-13(8-12)9-15(25-17(14)24)11-4-2-1-3-5-11/h1-8,15H,9-10H2,(H,22,23)/t15-/m1/s1. The van der Waals surface area contributed by atoms with Crippen molar-refractivity contribution < 1.29 is 27.5 Å². The van der Waals surface area contributed by atoms with E-state index in [0.717, 1.165) is 5.56 Å². The van der Waals surface area contributed by atoms with Crippen LogP contribution >= 0.6 is 0 Å². The Morgan fingerprint density at radius 2 is 1.88 bits per heavy atom. The molecule has 2 aromatic carbocycles. The zero-order valence-electron chi connectivity index (χ0n) is 13.0. The highest BCUT2D eigenvalue weighted by molar-refractivity contribution is 5.97. The van der Waals surface area contributed by atoms with Crippen LogP contribution in [0.2, 0.25) is 0 Å². The lowest BCUT2D eigenvalue weighted by atomic mass is 9.93. The van der Waals surface area contributed by atoms with E-state index in [1.54, 1.807) is 0 Å². The Bertz CT molecular complexity index is 803. The maximum Gasteiger partial charge on any atom is 0.405 e. The fraction of sp³-hybridized carbons (Fsp3) is 0.222. The summed E-state index contributed by atoms with van der Waals surface area (Å²) in [6, 6.07) is 13.3. The van der Waals surface area contributed by atoms with E-state index < -0.39 is 30.7 Å². The lowest BCUT2D eigenvalue weighted by Crippen LogP contribution is -2.34. The molecule has 1 aliphatic heterocycles. The first-order chi connectivity index (χ1) is 11.8. The van der Waals surface area contributed by atoms with Crippen LogP contribution in [0.5, 0.6) is 0 Å². The Hall–Kier alpha value is -2.83. The van der Waals surface area contributed by atoms with Gasteiger partial charge < -0.3 is 10.1 Å². The van der Waals surface area contributed by atoms with Gasteiger partial charge in [-0.1, -0.05) is 30.3 Å².